The molecular formula is C11H17NO3P+. The van der Waals surface area contributed by atoms with E-state index >= 15 is 0 Å². The second kappa shape index (κ2) is 5.11. The van der Waals surface area contributed by atoms with Crippen molar-refractivity contribution in [2.75, 3.05) is 18.9 Å². The van der Waals surface area contributed by atoms with Crippen molar-refractivity contribution >= 4 is 13.6 Å². The first kappa shape index (κ1) is 11.8. The van der Waals surface area contributed by atoms with Gasteiger partial charge in [0.15, 0.2) is 6.16 Å². The lowest BCUT2D eigenvalue weighted by atomic mass is 10.2. The number of nitrogens with two attached hydrogens (primary N) is 1. The third-order valence-corrected chi connectivity index (χ3v) is 4.42. The van der Waals surface area contributed by atoms with Gasteiger partial charge in [-0.05, 0) is 30.5 Å². The molecule has 0 unspecified atom stereocenters. The van der Waals surface area contributed by atoms with Crippen LogP contribution in [0.2, 0.25) is 0 Å². The standard InChI is InChI=1S/C11H17NO3P/c12-11-5-3-10(4-6-11)9-16(13)14-7-1-2-8-15-16/h3-6,13H,1-2,7-9,12H2/q+1. The summed E-state index contributed by atoms with van der Waals surface area (Å²) in [5.74, 6) is 0. The Hall–Kier alpha value is -0.670. The van der Waals surface area contributed by atoms with Crippen molar-refractivity contribution < 1.29 is 13.9 Å². The van der Waals surface area contributed by atoms with Gasteiger partial charge in [-0.15, -0.1) is 0 Å². The van der Waals surface area contributed by atoms with Crippen molar-refractivity contribution in [2.24, 2.45) is 0 Å². The summed E-state index contributed by atoms with van der Waals surface area (Å²) in [4.78, 5) is 10.2. The molecule has 3 N–H and O–H groups in total. The fourth-order valence-electron chi connectivity index (χ4n) is 1.60. The van der Waals surface area contributed by atoms with E-state index in [-0.39, 0.29) is 0 Å². The van der Waals surface area contributed by atoms with Crippen LogP contribution in [-0.2, 0) is 15.2 Å². The molecule has 2 rings (SSSR count). The Kier molecular flexibility index (Phi) is 3.77. The van der Waals surface area contributed by atoms with Crippen LogP contribution >= 0.6 is 7.94 Å². The third-order valence-electron chi connectivity index (χ3n) is 2.49. The molecule has 0 aliphatic carbocycles. The van der Waals surface area contributed by atoms with Crippen LogP contribution in [0.25, 0.3) is 0 Å². The normalized spacial score (nSPS) is 20.3. The molecule has 0 spiro atoms. The predicted molar refractivity (Wildman–Crippen MR) is 64.8 cm³/mol. The molecule has 1 heterocycles. The lowest BCUT2D eigenvalue weighted by Crippen LogP contribution is -2.03. The van der Waals surface area contributed by atoms with E-state index in [0.29, 0.717) is 19.4 Å². The van der Waals surface area contributed by atoms with Crippen molar-refractivity contribution in [2.45, 2.75) is 19.0 Å². The molecule has 1 aromatic rings. The maximum atomic E-state index is 10.2. The fourth-order valence-corrected chi connectivity index (χ4v) is 3.36. The molecule has 0 radical (unpaired) electrons. The maximum absolute atomic E-state index is 10.2. The Balaban J connectivity index is 2.04. The van der Waals surface area contributed by atoms with E-state index in [1.54, 1.807) is 0 Å². The van der Waals surface area contributed by atoms with Gasteiger partial charge in [-0.1, -0.05) is 12.1 Å². The summed E-state index contributed by atoms with van der Waals surface area (Å²) in [6, 6.07) is 7.43. The first-order valence-electron chi connectivity index (χ1n) is 5.42. The van der Waals surface area contributed by atoms with Crippen LogP contribution in [0.4, 0.5) is 5.69 Å². The minimum absolute atomic E-state index is 0.438. The molecule has 5 heteroatoms. The molecule has 0 aromatic heterocycles. The van der Waals surface area contributed by atoms with Crippen molar-refractivity contribution in [3.8, 4) is 0 Å². The minimum Gasteiger partial charge on any atom is -0.399 e. The second-order valence-corrected chi connectivity index (χ2v) is 6.02. The summed E-state index contributed by atoms with van der Waals surface area (Å²) in [5.41, 5.74) is 7.31. The van der Waals surface area contributed by atoms with Gasteiger partial charge in [0, 0.05) is 5.69 Å². The monoisotopic (exact) mass is 242 g/mol. The van der Waals surface area contributed by atoms with Crippen LogP contribution in [0.3, 0.4) is 0 Å². The van der Waals surface area contributed by atoms with Gasteiger partial charge < -0.3 is 5.73 Å². The fraction of sp³-hybridized carbons (Fsp3) is 0.455. The highest BCUT2D eigenvalue weighted by Crippen LogP contribution is 2.60. The van der Waals surface area contributed by atoms with Gasteiger partial charge in [0.1, 0.15) is 0 Å². The van der Waals surface area contributed by atoms with Gasteiger partial charge in [0.25, 0.3) is 0 Å². The number of nitrogen functional groups attached to an aromatic ring is 1. The zero-order valence-electron chi connectivity index (χ0n) is 9.13. The maximum Gasteiger partial charge on any atom is 0.413 e. The Labute approximate surface area is 96.0 Å². The summed E-state index contributed by atoms with van der Waals surface area (Å²) in [6.45, 7) is 1.17. The largest absolute Gasteiger partial charge is 0.413 e. The molecule has 1 fully saturated rings. The Morgan fingerprint density at radius 2 is 1.69 bits per heavy atom. The van der Waals surface area contributed by atoms with E-state index in [1.165, 1.54) is 0 Å². The lowest BCUT2D eigenvalue weighted by molar-refractivity contribution is 0.205. The van der Waals surface area contributed by atoms with E-state index in [9.17, 15) is 4.89 Å². The molecule has 16 heavy (non-hydrogen) atoms. The van der Waals surface area contributed by atoms with Crippen LogP contribution < -0.4 is 5.73 Å². The van der Waals surface area contributed by atoms with E-state index in [0.717, 1.165) is 24.1 Å². The average molecular weight is 242 g/mol. The van der Waals surface area contributed by atoms with Gasteiger partial charge in [-0.2, -0.15) is 13.9 Å². The molecule has 1 aliphatic rings. The average Bonchev–Trinajstić information content (AvgIpc) is 2.47. The molecule has 1 aromatic carbocycles. The molecule has 88 valence electrons. The van der Waals surface area contributed by atoms with E-state index in [1.807, 2.05) is 24.3 Å². The van der Waals surface area contributed by atoms with Gasteiger partial charge >= 0.3 is 7.94 Å². The van der Waals surface area contributed by atoms with Gasteiger partial charge in [0.05, 0.1) is 13.2 Å². The Morgan fingerprint density at radius 1 is 1.12 bits per heavy atom. The number of benzene rings is 1. The molecule has 1 aliphatic heterocycles. The number of rotatable bonds is 2. The van der Waals surface area contributed by atoms with Crippen LogP contribution in [0.15, 0.2) is 24.3 Å². The SMILES string of the molecule is Nc1ccc(C[P+]2(O)OCCCCO2)cc1. The first-order valence-corrected chi connectivity index (χ1v) is 7.19. The lowest BCUT2D eigenvalue weighted by Gasteiger charge is -2.14. The van der Waals surface area contributed by atoms with Crippen LogP contribution in [-0.4, -0.2) is 18.1 Å². The molecule has 0 saturated carbocycles. The second-order valence-electron chi connectivity index (χ2n) is 3.91. The van der Waals surface area contributed by atoms with Gasteiger partial charge in [-0.3, -0.25) is 0 Å². The molecule has 0 bridgehead atoms. The third kappa shape index (κ3) is 3.16. The minimum atomic E-state index is -2.68. The molecule has 0 amide bonds. The van der Waals surface area contributed by atoms with Crippen molar-refractivity contribution in [3.05, 3.63) is 29.8 Å². The molecule has 4 nitrogen and oxygen atoms in total. The summed E-state index contributed by atoms with van der Waals surface area (Å²) in [7, 11) is -2.68. The van der Waals surface area contributed by atoms with Crippen molar-refractivity contribution in [1.29, 1.82) is 0 Å². The zero-order chi connectivity index (χ0) is 11.4. The Bertz CT molecular complexity index is 334. The first-order chi connectivity index (χ1) is 7.68. The zero-order valence-corrected chi connectivity index (χ0v) is 10.0. The Morgan fingerprint density at radius 3 is 2.25 bits per heavy atom. The van der Waals surface area contributed by atoms with Crippen LogP contribution in [0.1, 0.15) is 18.4 Å². The highest BCUT2D eigenvalue weighted by molar-refractivity contribution is 7.59. The molecule has 1 saturated heterocycles. The van der Waals surface area contributed by atoms with Crippen molar-refractivity contribution in [1.82, 2.24) is 0 Å². The molecule has 0 atom stereocenters. The summed E-state index contributed by atoms with van der Waals surface area (Å²) < 4.78 is 10.9. The highest BCUT2D eigenvalue weighted by atomic mass is 31.2. The molecular weight excluding hydrogens is 225 g/mol. The van der Waals surface area contributed by atoms with Gasteiger partial charge in [-0.25, -0.2) is 0 Å². The summed E-state index contributed by atoms with van der Waals surface area (Å²) in [6.07, 6.45) is 2.33. The van der Waals surface area contributed by atoms with E-state index < -0.39 is 7.94 Å². The predicted octanol–water partition coefficient (Wildman–Crippen LogP) is 2.35. The highest BCUT2D eigenvalue weighted by Gasteiger charge is 2.42. The van der Waals surface area contributed by atoms with Crippen LogP contribution in [0, 0.1) is 0 Å². The van der Waals surface area contributed by atoms with Crippen LogP contribution in [0.5, 0.6) is 0 Å². The summed E-state index contributed by atoms with van der Waals surface area (Å²) in [5, 5.41) is 0. The van der Waals surface area contributed by atoms with E-state index in [4.69, 9.17) is 14.8 Å². The number of hydrogen-bond donors (Lipinski definition) is 2. The number of hydrogen-bond acceptors (Lipinski definition) is 4. The van der Waals surface area contributed by atoms with Crippen molar-refractivity contribution in [3.63, 3.8) is 0 Å². The van der Waals surface area contributed by atoms with Gasteiger partial charge in [0.2, 0.25) is 0 Å². The quantitative estimate of drug-likeness (QED) is 0.617. The van der Waals surface area contributed by atoms with E-state index in [2.05, 4.69) is 0 Å². The summed E-state index contributed by atoms with van der Waals surface area (Å²) >= 11 is 0. The topological polar surface area (TPSA) is 64.7 Å². The smallest absolute Gasteiger partial charge is 0.399 e. The number of anilines is 1.